The second kappa shape index (κ2) is 13.1. The molecule has 0 aliphatic heterocycles. The van der Waals surface area contributed by atoms with Gasteiger partial charge < -0.3 is 13.4 Å². The Kier molecular flexibility index (Phi) is 7.21. The first-order valence-electron chi connectivity index (χ1n) is 20.4. The maximum atomic E-state index is 6.90. The molecule has 284 valence electrons. The maximum absolute atomic E-state index is 6.90. The normalized spacial score (nSPS) is 11.9. The first-order valence-corrected chi connectivity index (χ1v) is 20.4. The van der Waals surface area contributed by atoms with E-state index in [1.54, 1.807) is 0 Å². The number of nitrogens with zero attached hydrogens (tertiary/aromatic N) is 4. The average Bonchev–Trinajstić information content (AvgIpc) is 4.00. The molecular weight excluding hydrogens is 749 g/mol. The number of rotatable bonds is 5. The molecular formula is C55H32N4O2. The molecule has 0 saturated carbocycles. The van der Waals surface area contributed by atoms with Crippen LogP contribution in [0, 0.1) is 0 Å². The molecule has 0 atom stereocenters. The van der Waals surface area contributed by atoms with Crippen LogP contribution in [0.5, 0.6) is 0 Å². The van der Waals surface area contributed by atoms with Gasteiger partial charge in [-0.1, -0.05) is 133 Å². The lowest BCUT2D eigenvalue weighted by Gasteiger charge is -2.13. The van der Waals surface area contributed by atoms with Crippen LogP contribution in [0.1, 0.15) is 0 Å². The fourth-order valence-electron chi connectivity index (χ4n) is 9.15. The largest absolute Gasteiger partial charge is 0.456 e. The molecule has 4 heterocycles. The second-order valence-corrected chi connectivity index (χ2v) is 15.6. The molecule has 0 fully saturated rings. The van der Waals surface area contributed by atoms with E-state index in [9.17, 15) is 0 Å². The Bertz CT molecular complexity index is 3880. The van der Waals surface area contributed by atoms with Gasteiger partial charge in [-0.3, -0.25) is 0 Å². The molecule has 0 aliphatic rings. The van der Waals surface area contributed by atoms with Crippen molar-refractivity contribution in [1.29, 1.82) is 0 Å². The molecule has 0 bridgehead atoms. The molecule has 0 saturated heterocycles. The van der Waals surface area contributed by atoms with Crippen molar-refractivity contribution in [2.75, 3.05) is 0 Å². The standard InChI is InChI=1S/C55H32N4O2/c1-2-12-33(13-3-1)34-22-24-35(25-23-34)53-56-54(38-26-29-50-44(31-38)40-17-7-10-20-48(40)60-50)58-55(57-53)42-27-28-46(51-41-18-8-11-21-49(41)61-52(42)51)59-45-19-9-6-16-39(45)43-30-36-14-4-5-15-37(36)32-47(43)59/h1-32H. The predicted molar refractivity (Wildman–Crippen MR) is 248 cm³/mol. The zero-order valence-corrected chi connectivity index (χ0v) is 32.6. The van der Waals surface area contributed by atoms with Crippen LogP contribution in [0.3, 0.4) is 0 Å². The average molecular weight is 781 g/mol. The summed E-state index contributed by atoms with van der Waals surface area (Å²) in [6, 6.07) is 67.5. The van der Waals surface area contributed by atoms with Gasteiger partial charge in [0.05, 0.1) is 27.7 Å². The van der Waals surface area contributed by atoms with Gasteiger partial charge in [0.15, 0.2) is 17.5 Å². The van der Waals surface area contributed by atoms with Gasteiger partial charge in [0, 0.05) is 38.1 Å². The van der Waals surface area contributed by atoms with Gasteiger partial charge >= 0.3 is 0 Å². The Balaban J connectivity index is 1.06. The molecule has 0 N–H and O–H groups in total. The minimum Gasteiger partial charge on any atom is -0.456 e. The minimum absolute atomic E-state index is 0.521. The van der Waals surface area contributed by atoms with Gasteiger partial charge in [0.25, 0.3) is 0 Å². The molecule has 9 aromatic carbocycles. The molecule has 6 nitrogen and oxygen atoms in total. The lowest BCUT2D eigenvalue weighted by Crippen LogP contribution is -2.01. The molecule has 4 aromatic heterocycles. The maximum Gasteiger partial charge on any atom is 0.167 e. The van der Waals surface area contributed by atoms with Crippen molar-refractivity contribution in [2.45, 2.75) is 0 Å². The van der Waals surface area contributed by atoms with E-state index in [0.717, 1.165) is 82.8 Å². The third-order valence-electron chi connectivity index (χ3n) is 12.0. The number of aromatic nitrogens is 4. The van der Waals surface area contributed by atoms with Crippen LogP contribution in [-0.4, -0.2) is 19.5 Å². The Morgan fingerprint density at radius 3 is 1.75 bits per heavy atom. The molecule has 0 radical (unpaired) electrons. The van der Waals surface area contributed by atoms with Gasteiger partial charge in [-0.15, -0.1) is 0 Å². The summed E-state index contributed by atoms with van der Waals surface area (Å²) in [5, 5.41) is 8.86. The zero-order chi connectivity index (χ0) is 40.0. The van der Waals surface area contributed by atoms with E-state index in [2.05, 4.69) is 150 Å². The van der Waals surface area contributed by atoms with Crippen molar-refractivity contribution < 1.29 is 8.83 Å². The molecule has 13 rings (SSSR count). The van der Waals surface area contributed by atoms with E-state index in [-0.39, 0.29) is 0 Å². The minimum atomic E-state index is 0.521. The van der Waals surface area contributed by atoms with Crippen molar-refractivity contribution in [1.82, 2.24) is 19.5 Å². The van der Waals surface area contributed by atoms with Crippen molar-refractivity contribution in [3.63, 3.8) is 0 Å². The van der Waals surface area contributed by atoms with Gasteiger partial charge in [-0.2, -0.15) is 0 Å². The highest BCUT2D eigenvalue weighted by atomic mass is 16.3. The van der Waals surface area contributed by atoms with Crippen LogP contribution in [0.15, 0.2) is 203 Å². The topological polar surface area (TPSA) is 69.9 Å². The highest BCUT2D eigenvalue weighted by molar-refractivity contribution is 6.18. The first-order chi connectivity index (χ1) is 30.2. The van der Waals surface area contributed by atoms with Gasteiger partial charge in [-0.25, -0.2) is 15.0 Å². The number of hydrogen-bond donors (Lipinski definition) is 0. The highest BCUT2D eigenvalue weighted by Crippen LogP contribution is 2.43. The summed E-state index contributed by atoms with van der Waals surface area (Å²) in [5.74, 6) is 1.65. The van der Waals surface area contributed by atoms with Crippen molar-refractivity contribution in [2.24, 2.45) is 0 Å². The third-order valence-corrected chi connectivity index (χ3v) is 12.0. The SMILES string of the molecule is c1ccc(-c2ccc(-c3nc(-c4ccc5oc6ccccc6c5c4)nc(-c4ccc(-n5c6ccccc6c6cc7ccccc7cc65)c5c4oc4ccccc45)n3)cc2)cc1. The molecule has 13 aromatic rings. The second-order valence-electron chi connectivity index (χ2n) is 15.6. The number of hydrogen-bond acceptors (Lipinski definition) is 5. The summed E-state index contributed by atoms with van der Waals surface area (Å²) in [5.41, 5.74) is 11.2. The number of fused-ring (bicyclic) bond motifs is 10. The van der Waals surface area contributed by atoms with Crippen LogP contribution < -0.4 is 0 Å². The zero-order valence-electron chi connectivity index (χ0n) is 32.6. The van der Waals surface area contributed by atoms with E-state index in [4.69, 9.17) is 23.8 Å². The van der Waals surface area contributed by atoms with Gasteiger partial charge in [0.1, 0.15) is 22.3 Å². The molecule has 0 unspecified atom stereocenters. The lowest BCUT2D eigenvalue weighted by atomic mass is 10.0. The summed E-state index contributed by atoms with van der Waals surface area (Å²) in [6.45, 7) is 0. The monoisotopic (exact) mass is 780 g/mol. The lowest BCUT2D eigenvalue weighted by molar-refractivity contribution is 0.669. The van der Waals surface area contributed by atoms with E-state index < -0.39 is 0 Å². The van der Waals surface area contributed by atoms with E-state index in [1.807, 2.05) is 48.5 Å². The smallest absolute Gasteiger partial charge is 0.167 e. The van der Waals surface area contributed by atoms with Crippen LogP contribution in [0.2, 0.25) is 0 Å². The molecule has 0 aliphatic carbocycles. The third kappa shape index (κ3) is 5.26. The van der Waals surface area contributed by atoms with E-state index in [0.29, 0.717) is 23.1 Å². The van der Waals surface area contributed by atoms with Gasteiger partial charge in [-0.05, 0) is 82.6 Å². The number of furan rings is 2. The van der Waals surface area contributed by atoms with Crippen molar-refractivity contribution in [3.8, 4) is 51.0 Å². The summed E-state index contributed by atoms with van der Waals surface area (Å²) in [4.78, 5) is 15.7. The summed E-state index contributed by atoms with van der Waals surface area (Å²) in [7, 11) is 0. The fraction of sp³-hybridized carbons (Fsp3) is 0. The fourth-order valence-corrected chi connectivity index (χ4v) is 9.15. The van der Waals surface area contributed by atoms with Crippen LogP contribution in [0.25, 0.3) is 127 Å². The van der Waals surface area contributed by atoms with E-state index in [1.165, 1.54) is 21.5 Å². The summed E-state index contributed by atoms with van der Waals surface area (Å²) >= 11 is 0. The Morgan fingerprint density at radius 2 is 0.934 bits per heavy atom. The van der Waals surface area contributed by atoms with Crippen molar-refractivity contribution >= 4 is 76.5 Å². The summed E-state index contributed by atoms with van der Waals surface area (Å²) in [6.07, 6.45) is 0. The number of benzene rings is 9. The van der Waals surface area contributed by atoms with E-state index >= 15 is 0 Å². The Morgan fingerprint density at radius 1 is 0.344 bits per heavy atom. The molecule has 61 heavy (non-hydrogen) atoms. The Hall–Kier alpha value is -8.35. The quantitative estimate of drug-likeness (QED) is 0.174. The Labute approximate surface area is 348 Å². The first kappa shape index (κ1) is 33.6. The van der Waals surface area contributed by atoms with Crippen LogP contribution in [-0.2, 0) is 0 Å². The van der Waals surface area contributed by atoms with Gasteiger partial charge in [0.2, 0.25) is 0 Å². The highest BCUT2D eigenvalue weighted by Gasteiger charge is 2.23. The van der Waals surface area contributed by atoms with Crippen LogP contribution in [0.4, 0.5) is 0 Å². The predicted octanol–water partition coefficient (Wildman–Crippen LogP) is 14.6. The van der Waals surface area contributed by atoms with Crippen molar-refractivity contribution in [3.05, 3.63) is 194 Å². The summed E-state index contributed by atoms with van der Waals surface area (Å²) < 4.78 is 15.5. The molecule has 0 spiro atoms. The number of para-hydroxylation sites is 3. The molecule has 0 amide bonds. The molecule has 6 heteroatoms. The van der Waals surface area contributed by atoms with Crippen LogP contribution >= 0.6 is 0 Å².